The Kier molecular flexibility index (Phi) is 21.9. The van der Waals surface area contributed by atoms with Gasteiger partial charge >= 0.3 is 7.82 Å². The molecule has 0 aliphatic heterocycles. The second-order valence-electron chi connectivity index (χ2n) is 7.34. The van der Waals surface area contributed by atoms with Gasteiger partial charge in [0, 0.05) is 6.61 Å². The van der Waals surface area contributed by atoms with E-state index in [0.717, 1.165) is 19.3 Å². The van der Waals surface area contributed by atoms with Crippen LogP contribution in [-0.4, -0.2) is 46.3 Å². The molecule has 0 saturated heterocycles. The lowest BCUT2D eigenvalue weighted by Gasteiger charge is -2.04. The van der Waals surface area contributed by atoms with E-state index < -0.39 is 17.7 Å². The molecule has 0 aromatic heterocycles. The highest BCUT2D eigenvalue weighted by atomic mass is 32.2. The van der Waals surface area contributed by atoms with E-state index in [1.165, 1.54) is 70.6 Å². The standard InChI is InChI=1S/C19H40O3S.H3O4P/c1-2-3-4-5-6-7-8-9-10-11-12-13-14-15-18-23(21,22)19-16-17-20;1-5(2,3)4/h20H,2-19H2,1H3;(H3,1,2,3,4). The Labute approximate surface area is 172 Å². The van der Waals surface area contributed by atoms with Gasteiger partial charge in [0.1, 0.15) is 9.84 Å². The van der Waals surface area contributed by atoms with E-state index >= 15 is 0 Å². The topological polar surface area (TPSA) is 132 Å². The molecule has 0 atom stereocenters. The van der Waals surface area contributed by atoms with Gasteiger partial charge in [-0.3, -0.25) is 0 Å². The van der Waals surface area contributed by atoms with Gasteiger partial charge in [0.25, 0.3) is 0 Å². The normalized spacial score (nSPS) is 11.9. The van der Waals surface area contributed by atoms with Crippen LogP contribution in [0.3, 0.4) is 0 Å². The Hall–Kier alpha value is 0.0200. The molecule has 28 heavy (non-hydrogen) atoms. The van der Waals surface area contributed by atoms with Crippen molar-refractivity contribution >= 4 is 17.7 Å². The van der Waals surface area contributed by atoms with Crippen molar-refractivity contribution in [2.24, 2.45) is 0 Å². The fraction of sp³-hybridized carbons (Fsp3) is 1.00. The van der Waals surface area contributed by atoms with E-state index in [1.807, 2.05) is 0 Å². The van der Waals surface area contributed by atoms with Crippen LogP contribution in [0.2, 0.25) is 0 Å². The third-order valence-corrected chi connectivity index (χ3v) is 6.24. The van der Waals surface area contributed by atoms with E-state index in [-0.39, 0.29) is 12.4 Å². The fourth-order valence-corrected chi connectivity index (χ4v) is 4.32. The maximum absolute atomic E-state index is 11.6. The zero-order valence-corrected chi connectivity index (χ0v) is 19.3. The number of unbranched alkanes of at least 4 members (excludes halogenated alkanes) is 13. The molecule has 0 fully saturated rings. The van der Waals surface area contributed by atoms with Gasteiger partial charge in [0.15, 0.2) is 0 Å². The van der Waals surface area contributed by atoms with E-state index in [4.69, 9.17) is 24.4 Å². The Morgan fingerprint density at radius 3 is 1.21 bits per heavy atom. The van der Waals surface area contributed by atoms with Crippen molar-refractivity contribution < 1.29 is 32.8 Å². The molecule has 0 aliphatic carbocycles. The first-order valence-electron chi connectivity index (χ1n) is 10.7. The van der Waals surface area contributed by atoms with Crippen molar-refractivity contribution in [3.63, 3.8) is 0 Å². The van der Waals surface area contributed by atoms with Crippen LogP contribution in [0.15, 0.2) is 0 Å². The van der Waals surface area contributed by atoms with Crippen molar-refractivity contribution in [3.8, 4) is 0 Å². The molecule has 0 amide bonds. The first-order chi connectivity index (χ1) is 13.1. The van der Waals surface area contributed by atoms with Gasteiger partial charge in [-0.1, -0.05) is 90.4 Å². The zero-order chi connectivity index (χ0) is 21.7. The van der Waals surface area contributed by atoms with Gasteiger partial charge in [-0.15, -0.1) is 0 Å². The molecule has 4 N–H and O–H groups in total. The summed E-state index contributed by atoms with van der Waals surface area (Å²) in [5.74, 6) is 0.437. The highest BCUT2D eigenvalue weighted by molar-refractivity contribution is 7.91. The van der Waals surface area contributed by atoms with Crippen molar-refractivity contribution in [2.45, 2.75) is 103 Å². The molecule has 0 aromatic carbocycles. The van der Waals surface area contributed by atoms with Crippen molar-refractivity contribution in [1.29, 1.82) is 0 Å². The van der Waals surface area contributed by atoms with E-state index in [0.29, 0.717) is 12.2 Å². The summed E-state index contributed by atoms with van der Waals surface area (Å²) in [5, 5.41) is 8.66. The lowest BCUT2D eigenvalue weighted by atomic mass is 10.0. The summed E-state index contributed by atoms with van der Waals surface area (Å²) in [6, 6.07) is 0. The molecule has 0 bridgehead atoms. The molecule has 0 aliphatic rings. The molecule has 172 valence electrons. The average Bonchev–Trinajstić information content (AvgIpc) is 2.59. The summed E-state index contributed by atoms with van der Waals surface area (Å²) < 4.78 is 32.1. The van der Waals surface area contributed by atoms with Crippen molar-refractivity contribution in [1.82, 2.24) is 0 Å². The number of rotatable bonds is 18. The van der Waals surface area contributed by atoms with E-state index in [1.54, 1.807) is 0 Å². The van der Waals surface area contributed by atoms with Gasteiger partial charge in [-0.2, -0.15) is 0 Å². The molecule has 9 heteroatoms. The SMILES string of the molecule is CCCCCCCCCCCCCCCCS(=O)(=O)CCCO.O=P(O)(O)O. The second kappa shape index (κ2) is 20.3. The minimum absolute atomic E-state index is 0.0298. The molecular weight excluding hydrogens is 403 g/mol. The smallest absolute Gasteiger partial charge is 0.396 e. The first kappa shape index (κ1) is 30.2. The largest absolute Gasteiger partial charge is 0.466 e. The highest BCUT2D eigenvalue weighted by Crippen LogP contribution is 2.25. The maximum Gasteiger partial charge on any atom is 0.466 e. The van der Waals surface area contributed by atoms with Crippen LogP contribution in [0, 0.1) is 0 Å². The third-order valence-electron chi connectivity index (χ3n) is 4.42. The molecule has 0 unspecified atom stereocenters. The highest BCUT2D eigenvalue weighted by Gasteiger charge is 2.09. The lowest BCUT2D eigenvalue weighted by molar-refractivity contribution is 0.275. The predicted octanol–water partition coefficient (Wildman–Crippen LogP) is 4.34. The summed E-state index contributed by atoms with van der Waals surface area (Å²) in [6.07, 6.45) is 18.3. The average molecular weight is 447 g/mol. The van der Waals surface area contributed by atoms with Crippen LogP contribution in [0.25, 0.3) is 0 Å². The second-order valence-corrected chi connectivity index (χ2v) is 10.7. The number of aliphatic hydroxyl groups is 1. The van der Waals surface area contributed by atoms with Crippen LogP contribution in [-0.2, 0) is 14.4 Å². The minimum Gasteiger partial charge on any atom is -0.396 e. The van der Waals surface area contributed by atoms with Gasteiger partial charge in [-0.05, 0) is 12.8 Å². The maximum atomic E-state index is 11.6. The summed E-state index contributed by atoms with van der Waals surface area (Å²) in [6.45, 7) is 2.23. The van der Waals surface area contributed by atoms with Crippen LogP contribution in [0.5, 0.6) is 0 Å². The molecule has 0 spiro atoms. The number of hydrogen-bond acceptors (Lipinski definition) is 4. The zero-order valence-electron chi connectivity index (χ0n) is 17.6. The quantitative estimate of drug-likeness (QED) is 0.182. The first-order valence-corrected chi connectivity index (χ1v) is 14.1. The van der Waals surface area contributed by atoms with Gasteiger partial charge in [0.2, 0.25) is 0 Å². The summed E-state index contributed by atoms with van der Waals surface area (Å²) in [7, 11) is -7.56. The monoisotopic (exact) mass is 446 g/mol. The Morgan fingerprint density at radius 1 is 0.607 bits per heavy atom. The minimum atomic E-state index is -4.64. The summed E-state index contributed by atoms with van der Waals surface area (Å²) >= 11 is 0. The number of hydrogen-bond donors (Lipinski definition) is 4. The molecule has 0 aromatic rings. The van der Waals surface area contributed by atoms with Crippen LogP contribution in [0.1, 0.15) is 103 Å². The van der Waals surface area contributed by atoms with Gasteiger partial charge < -0.3 is 19.8 Å². The van der Waals surface area contributed by atoms with Crippen molar-refractivity contribution in [2.75, 3.05) is 18.1 Å². The molecule has 0 rings (SSSR count). The fourth-order valence-electron chi connectivity index (χ4n) is 2.90. The van der Waals surface area contributed by atoms with Crippen LogP contribution < -0.4 is 0 Å². The molecule has 7 nitrogen and oxygen atoms in total. The Bertz CT molecular complexity index is 455. The molecular formula is C19H43O7PS. The Morgan fingerprint density at radius 2 is 0.893 bits per heavy atom. The number of aliphatic hydroxyl groups excluding tert-OH is 1. The summed E-state index contributed by atoms with van der Waals surface area (Å²) in [4.78, 5) is 21.6. The van der Waals surface area contributed by atoms with Crippen LogP contribution in [0.4, 0.5) is 0 Å². The molecule has 0 saturated carbocycles. The van der Waals surface area contributed by atoms with Gasteiger partial charge in [0.05, 0.1) is 11.5 Å². The summed E-state index contributed by atoms with van der Waals surface area (Å²) in [5.41, 5.74) is 0. The van der Waals surface area contributed by atoms with Crippen LogP contribution >= 0.6 is 7.82 Å². The lowest BCUT2D eigenvalue weighted by Crippen LogP contribution is -2.12. The van der Waals surface area contributed by atoms with E-state index in [9.17, 15) is 8.42 Å². The third kappa shape index (κ3) is 33.6. The van der Waals surface area contributed by atoms with E-state index in [2.05, 4.69) is 6.92 Å². The Balaban J connectivity index is 0. The number of phosphoric acid groups is 1. The van der Waals surface area contributed by atoms with Gasteiger partial charge in [-0.25, -0.2) is 13.0 Å². The van der Waals surface area contributed by atoms with Crippen molar-refractivity contribution in [3.05, 3.63) is 0 Å². The number of sulfone groups is 1. The molecule has 0 heterocycles. The predicted molar refractivity (Wildman–Crippen MR) is 115 cm³/mol. The molecule has 0 radical (unpaired) electrons.